The van der Waals surface area contributed by atoms with E-state index in [0.717, 1.165) is 11.3 Å². The van der Waals surface area contributed by atoms with Crippen LogP contribution in [-0.4, -0.2) is 47.2 Å². The summed E-state index contributed by atoms with van der Waals surface area (Å²) in [5, 5.41) is 26.3. The minimum absolute atomic E-state index is 0.0294. The van der Waals surface area contributed by atoms with E-state index in [-0.39, 0.29) is 27.7 Å². The highest BCUT2D eigenvalue weighted by Crippen LogP contribution is 2.47. The van der Waals surface area contributed by atoms with Crippen molar-refractivity contribution < 1.29 is 37.7 Å². The van der Waals surface area contributed by atoms with Crippen LogP contribution in [0.5, 0.6) is 17.2 Å². The molecule has 12 heteroatoms. The summed E-state index contributed by atoms with van der Waals surface area (Å²) in [4.78, 5) is 13.1. The molecule has 1 aliphatic rings. The molecule has 0 spiro atoms. The van der Waals surface area contributed by atoms with Crippen LogP contribution in [0, 0.1) is 5.92 Å². The highest BCUT2D eigenvalue weighted by Gasteiger charge is 2.66. The second kappa shape index (κ2) is 7.93. The van der Waals surface area contributed by atoms with Crippen LogP contribution in [0.3, 0.4) is 0 Å². The summed E-state index contributed by atoms with van der Waals surface area (Å²) in [5.74, 6) is -3.54. The Labute approximate surface area is 178 Å². The molecule has 3 atom stereocenters. The molecule has 1 aliphatic heterocycles. The third-order valence-electron chi connectivity index (χ3n) is 4.71. The quantitative estimate of drug-likeness (QED) is 0.398. The highest BCUT2D eigenvalue weighted by molar-refractivity contribution is 7.80. The summed E-state index contributed by atoms with van der Waals surface area (Å²) in [5.41, 5.74) is -3.55. The van der Waals surface area contributed by atoms with E-state index in [9.17, 15) is 28.2 Å². The lowest BCUT2D eigenvalue weighted by Crippen LogP contribution is -2.72. The van der Waals surface area contributed by atoms with Crippen molar-refractivity contribution in [3.05, 3.63) is 40.1 Å². The normalized spacial score (nSPS) is 24.0. The van der Waals surface area contributed by atoms with Gasteiger partial charge in [-0.1, -0.05) is 6.07 Å². The number of phenols is 1. The molecule has 0 unspecified atom stereocenters. The lowest BCUT2D eigenvalue weighted by atomic mass is 9.78. The molecule has 162 valence electrons. The van der Waals surface area contributed by atoms with Gasteiger partial charge in [-0.25, -0.2) is 0 Å². The van der Waals surface area contributed by atoms with Crippen molar-refractivity contribution in [3.63, 3.8) is 0 Å². The number of benzene rings is 1. The summed E-state index contributed by atoms with van der Waals surface area (Å²) < 4.78 is 52.0. The molecule has 0 bridgehead atoms. The van der Waals surface area contributed by atoms with Gasteiger partial charge in [-0.15, -0.1) is 11.3 Å². The first kappa shape index (κ1) is 22.1. The van der Waals surface area contributed by atoms with Crippen LogP contribution in [0.25, 0.3) is 0 Å². The maximum atomic E-state index is 14.0. The predicted octanol–water partition coefficient (Wildman–Crippen LogP) is 2.74. The number of thiocarbonyl (C=S) groups is 1. The SMILES string of the molecule is COc1cc([C@@H]2NC(=S)N[C@](O)(C(F)(F)F)[C@@H]2C(=O)c2cccs2)cc(OC)c1O. The maximum Gasteiger partial charge on any atom is 0.437 e. The van der Waals surface area contributed by atoms with Gasteiger partial charge in [0.05, 0.1) is 25.1 Å². The fraction of sp³-hybridized carbons (Fsp3) is 0.333. The van der Waals surface area contributed by atoms with Crippen LogP contribution in [0.1, 0.15) is 21.3 Å². The van der Waals surface area contributed by atoms with Crippen LogP contribution >= 0.6 is 23.6 Å². The molecule has 4 N–H and O–H groups in total. The Morgan fingerprint density at radius 2 is 1.87 bits per heavy atom. The topological polar surface area (TPSA) is 100 Å². The molecule has 0 radical (unpaired) electrons. The molecule has 0 saturated carbocycles. The number of halogens is 3. The number of aliphatic hydroxyl groups is 1. The molecule has 30 heavy (non-hydrogen) atoms. The van der Waals surface area contributed by atoms with E-state index in [2.05, 4.69) is 5.32 Å². The number of thiophene rings is 1. The van der Waals surface area contributed by atoms with Crippen molar-refractivity contribution in [1.29, 1.82) is 0 Å². The smallest absolute Gasteiger partial charge is 0.437 e. The number of Topliss-reactive ketones (excluding diaryl/α,β-unsaturated/α-hetero) is 1. The lowest BCUT2D eigenvalue weighted by molar-refractivity contribution is -0.285. The second-order valence-corrected chi connectivity index (χ2v) is 7.79. The van der Waals surface area contributed by atoms with Crippen molar-refractivity contribution in [2.75, 3.05) is 14.2 Å². The third kappa shape index (κ3) is 3.66. The number of ketones is 1. The van der Waals surface area contributed by atoms with Crippen LogP contribution < -0.4 is 20.1 Å². The van der Waals surface area contributed by atoms with E-state index in [1.165, 1.54) is 43.9 Å². The van der Waals surface area contributed by atoms with E-state index < -0.39 is 34.8 Å². The van der Waals surface area contributed by atoms with Gasteiger partial charge in [0.2, 0.25) is 11.5 Å². The number of hydrogen-bond donors (Lipinski definition) is 4. The molecule has 0 amide bonds. The fourth-order valence-electron chi connectivity index (χ4n) is 3.28. The van der Waals surface area contributed by atoms with Gasteiger partial charge in [0.25, 0.3) is 0 Å². The van der Waals surface area contributed by atoms with Crippen molar-refractivity contribution in [2.24, 2.45) is 5.92 Å². The maximum absolute atomic E-state index is 14.0. The molecule has 1 aromatic heterocycles. The predicted molar refractivity (Wildman–Crippen MR) is 106 cm³/mol. The van der Waals surface area contributed by atoms with Crippen LogP contribution in [0.2, 0.25) is 0 Å². The highest BCUT2D eigenvalue weighted by atomic mass is 32.1. The first-order valence-electron chi connectivity index (χ1n) is 8.44. The molecule has 1 saturated heterocycles. The van der Waals surface area contributed by atoms with E-state index in [1.807, 2.05) is 5.32 Å². The molecular weight excluding hydrogens is 445 g/mol. The Kier molecular flexibility index (Phi) is 5.85. The van der Waals surface area contributed by atoms with Crippen molar-refractivity contribution >= 4 is 34.5 Å². The monoisotopic (exact) mass is 462 g/mol. The Morgan fingerprint density at radius 1 is 1.27 bits per heavy atom. The molecule has 0 aliphatic carbocycles. The van der Waals surface area contributed by atoms with Crippen molar-refractivity contribution in [3.8, 4) is 17.2 Å². The molecule has 3 rings (SSSR count). The number of ether oxygens (including phenoxy) is 2. The standard InChI is InChI=1S/C18H17F3N2O5S2/c1-27-9-6-8(7-10(28-2)14(9)24)13-12(15(25)11-4-3-5-30-11)17(26,18(19,20)21)23-16(29)22-13/h3-7,12-13,24,26H,1-2H3,(H2,22,23,29)/t12-,13-,17+/m0/s1. The molecule has 7 nitrogen and oxygen atoms in total. The van der Waals surface area contributed by atoms with Crippen molar-refractivity contribution in [1.82, 2.24) is 10.6 Å². The average Bonchev–Trinajstić information content (AvgIpc) is 3.21. The van der Waals surface area contributed by atoms with E-state index >= 15 is 0 Å². The van der Waals surface area contributed by atoms with E-state index in [4.69, 9.17) is 21.7 Å². The summed E-state index contributed by atoms with van der Waals surface area (Å²) in [6.45, 7) is 0. The molecule has 1 aromatic carbocycles. The number of hydrogen-bond acceptors (Lipinski definition) is 7. The Bertz CT molecular complexity index is 942. The van der Waals surface area contributed by atoms with Gasteiger partial charge in [0.1, 0.15) is 5.92 Å². The summed E-state index contributed by atoms with van der Waals surface area (Å²) >= 11 is 5.83. The van der Waals surface area contributed by atoms with Gasteiger partial charge in [0.15, 0.2) is 22.4 Å². The zero-order valence-corrected chi connectivity index (χ0v) is 17.2. The number of carbonyl (C=O) groups excluding carboxylic acids is 1. The first-order valence-corrected chi connectivity index (χ1v) is 9.72. The number of methoxy groups -OCH3 is 2. The summed E-state index contributed by atoms with van der Waals surface area (Å²) in [6, 6.07) is 3.96. The van der Waals surface area contributed by atoms with E-state index in [1.54, 1.807) is 0 Å². The van der Waals surface area contributed by atoms with Gasteiger partial charge >= 0.3 is 6.18 Å². The van der Waals surface area contributed by atoms with Gasteiger partial charge < -0.3 is 30.3 Å². The molecular formula is C18H17F3N2O5S2. The number of aromatic hydroxyl groups is 1. The molecule has 2 aromatic rings. The van der Waals surface area contributed by atoms with Gasteiger partial charge in [-0.2, -0.15) is 13.2 Å². The van der Waals surface area contributed by atoms with E-state index in [0.29, 0.717) is 0 Å². The Morgan fingerprint density at radius 3 is 2.33 bits per heavy atom. The minimum Gasteiger partial charge on any atom is -0.502 e. The summed E-state index contributed by atoms with van der Waals surface area (Å²) in [6.07, 6.45) is -5.24. The lowest BCUT2D eigenvalue weighted by Gasteiger charge is -2.46. The zero-order valence-electron chi connectivity index (χ0n) is 15.6. The average molecular weight is 462 g/mol. The van der Waals surface area contributed by atoms with Crippen LogP contribution in [0.15, 0.2) is 29.6 Å². The number of nitrogens with one attached hydrogen (secondary N) is 2. The number of rotatable bonds is 5. The minimum atomic E-state index is -5.24. The first-order chi connectivity index (χ1) is 14.0. The third-order valence-corrected chi connectivity index (χ3v) is 5.82. The number of alkyl halides is 3. The van der Waals surface area contributed by atoms with Crippen LogP contribution in [-0.2, 0) is 0 Å². The van der Waals surface area contributed by atoms with Crippen molar-refractivity contribution in [2.45, 2.75) is 17.9 Å². The zero-order chi connectivity index (χ0) is 22.3. The van der Waals surface area contributed by atoms with Gasteiger partial charge in [0, 0.05) is 0 Å². The molecule has 2 heterocycles. The largest absolute Gasteiger partial charge is 0.502 e. The fourth-order valence-corrected chi connectivity index (χ4v) is 4.27. The Balaban J connectivity index is 2.22. The van der Waals surface area contributed by atoms with Gasteiger partial charge in [-0.05, 0) is 41.4 Å². The summed E-state index contributed by atoms with van der Waals surface area (Å²) in [7, 11) is 2.50. The Hall–Kier alpha value is -2.57. The van der Waals surface area contributed by atoms with Gasteiger partial charge in [-0.3, -0.25) is 4.79 Å². The van der Waals surface area contributed by atoms with Crippen LogP contribution in [0.4, 0.5) is 13.2 Å². The second-order valence-electron chi connectivity index (χ2n) is 6.43. The number of phenolic OH excluding ortho intramolecular Hbond substituents is 1. The molecule has 1 fully saturated rings. The number of carbonyl (C=O) groups is 1.